The Morgan fingerprint density at radius 3 is 2.43 bits per heavy atom. The summed E-state index contributed by atoms with van der Waals surface area (Å²) in [5, 5.41) is 21.0. The van der Waals surface area contributed by atoms with E-state index in [-0.39, 0.29) is 6.61 Å². The van der Waals surface area contributed by atoms with Crippen LogP contribution in [0.5, 0.6) is 5.75 Å². The Hall–Kier alpha value is -2.35. The summed E-state index contributed by atoms with van der Waals surface area (Å²) < 4.78 is 5.64. The molecule has 0 aliphatic rings. The van der Waals surface area contributed by atoms with E-state index in [1.54, 1.807) is 0 Å². The molecule has 0 radical (unpaired) electrons. The molecule has 0 amide bonds. The molecule has 0 saturated carbocycles. The number of unbranched alkanes of at least 4 members (excludes halogenated alkanes) is 1. The molecule has 0 spiro atoms. The second kappa shape index (κ2) is 9.62. The average Bonchev–Trinajstić information content (AvgIpc) is 2.59. The van der Waals surface area contributed by atoms with Gasteiger partial charge in [-0.2, -0.15) is 5.26 Å². The Kier molecular flexibility index (Phi) is 7.12. The van der Waals surface area contributed by atoms with Gasteiger partial charge in [0.2, 0.25) is 0 Å². The molecule has 2 aromatic rings. The van der Waals surface area contributed by atoms with Crippen LogP contribution >= 0.6 is 0 Å². The van der Waals surface area contributed by atoms with Gasteiger partial charge in [-0.25, -0.2) is 0 Å². The average molecular weight is 310 g/mol. The van der Waals surface area contributed by atoms with Crippen LogP contribution in [0, 0.1) is 11.3 Å². The van der Waals surface area contributed by atoms with Gasteiger partial charge in [0.25, 0.3) is 0 Å². The summed E-state index contributed by atoms with van der Waals surface area (Å²) in [5.74, 6) is 0.838. The van der Waals surface area contributed by atoms with E-state index >= 15 is 0 Å². The van der Waals surface area contributed by atoms with Crippen molar-refractivity contribution in [3.8, 4) is 11.8 Å². The van der Waals surface area contributed by atoms with E-state index in [1.165, 1.54) is 0 Å². The Morgan fingerprint density at radius 2 is 1.70 bits per heavy atom. The molecule has 23 heavy (non-hydrogen) atoms. The van der Waals surface area contributed by atoms with Gasteiger partial charge in [-0.15, -0.1) is 0 Å². The van der Waals surface area contributed by atoms with Crippen LogP contribution in [0.2, 0.25) is 0 Å². The first-order valence-corrected chi connectivity index (χ1v) is 7.80. The molecule has 2 aromatic carbocycles. The van der Waals surface area contributed by atoms with Crippen LogP contribution in [0.25, 0.3) is 0 Å². The summed E-state index contributed by atoms with van der Waals surface area (Å²) in [5.41, 5.74) is 3.23. The normalized spacial score (nSPS) is 10.3. The Balaban J connectivity index is 1.80. The molecule has 0 aliphatic carbocycles. The summed E-state index contributed by atoms with van der Waals surface area (Å²) in [7, 11) is 0. The van der Waals surface area contributed by atoms with Crippen molar-refractivity contribution in [1.82, 2.24) is 5.32 Å². The van der Waals surface area contributed by atoms with Crippen molar-refractivity contribution < 1.29 is 9.84 Å². The SMILES string of the molecule is N#CCCCOc1cccc(CNCc2cccc(CO)c2)c1. The van der Waals surface area contributed by atoms with Gasteiger partial charge in [-0.1, -0.05) is 36.4 Å². The molecule has 0 aliphatic heterocycles. The monoisotopic (exact) mass is 310 g/mol. The molecule has 0 atom stereocenters. The van der Waals surface area contributed by atoms with E-state index in [9.17, 15) is 0 Å². The summed E-state index contributed by atoms with van der Waals surface area (Å²) >= 11 is 0. The molecule has 0 fully saturated rings. The number of aliphatic hydroxyl groups excluding tert-OH is 1. The molecule has 0 aromatic heterocycles. The maximum Gasteiger partial charge on any atom is 0.119 e. The fourth-order valence-electron chi connectivity index (χ4n) is 2.28. The van der Waals surface area contributed by atoms with E-state index < -0.39 is 0 Å². The number of rotatable bonds is 9. The predicted octanol–water partition coefficient (Wildman–Crippen LogP) is 3.15. The summed E-state index contributed by atoms with van der Waals surface area (Å²) in [6, 6.07) is 18.0. The molecule has 120 valence electrons. The van der Waals surface area contributed by atoms with Crippen LogP contribution in [0.15, 0.2) is 48.5 Å². The van der Waals surface area contributed by atoms with Crippen molar-refractivity contribution in [1.29, 1.82) is 5.26 Å². The number of aliphatic hydroxyl groups is 1. The largest absolute Gasteiger partial charge is 0.494 e. The number of hydrogen-bond donors (Lipinski definition) is 2. The van der Waals surface area contributed by atoms with Crippen LogP contribution in [-0.4, -0.2) is 11.7 Å². The van der Waals surface area contributed by atoms with Crippen molar-refractivity contribution in [2.24, 2.45) is 0 Å². The van der Waals surface area contributed by atoms with Gasteiger partial charge in [0.05, 0.1) is 19.3 Å². The van der Waals surface area contributed by atoms with Gasteiger partial charge in [-0.05, 0) is 35.2 Å². The fraction of sp³-hybridized carbons (Fsp3) is 0.316. The van der Waals surface area contributed by atoms with Gasteiger partial charge < -0.3 is 15.2 Å². The third-order valence-corrected chi connectivity index (χ3v) is 3.43. The highest BCUT2D eigenvalue weighted by molar-refractivity contribution is 5.28. The third kappa shape index (κ3) is 6.11. The molecule has 4 nitrogen and oxygen atoms in total. The van der Waals surface area contributed by atoms with E-state index in [0.717, 1.165) is 42.0 Å². The number of hydrogen-bond acceptors (Lipinski definition) is 4. The summed E-state index contributed by atoms with van der Waals surface area (Å²) in [4.78, 5) is 0. The predicted molar refractivity (Wildman–Crippen MR) is 89.7 cm³/mol. The lowest BCUT2D eigenvalue weighted by molar-refractivity contribution is 0.281. The zero-order valence-electron chi connectivity index (χ0n) is 13.2. The topological polar surface area (TPSA) is 65.3 Å². The molecule has 0 saturated heterocycles. The Morgan fingerprint density at radius 1 is 1.00 bits per heavy atom. The zero-order chi connectivity index (χ0) is 16.3. The lowest BCUT2D eigenvalue weighted by Gasteiger charge is -2.09. The zero-order valence-corrected chi connectivity index (χ0v) is 13.2. The molecule has 2 rings (SSSR count). The number of ether oxygens (including phenoxy) is 1. The van der Waals surface area contributed by atoms with Crippen LogP contribution in [0.1, 0.15) is 29.5 Å². The highest BCUT2D eigenvalue weighted by Gasteiger charge is 1.99. The molecule has 0 heterocycles. The maximum atomic E-state index is 9.15. The molecule has 0 unspecified atom stereocenters. The number of nitrogens with one attached hydrogen (secondary N) is 1. The molecular weight excluding hydrogens is 288 g/mol. The van der Waals surface area contributed by atoms with Crippen LogP contribution in [0.4, 0.5) is 0 Å². The molecular formula is C19H22N2O2. The van der Waals surface area contributed by atoms with Crippen molar-refractivity contribution in [2.45, 2.75) is 32.5 Å². The van der Waals surface area contributed by atoms with Crippen molar-refractivity contribution in [3.63, 3.8) is 0 Å². The highest BCUT2D eigenvalue weighted by Crippen LogP contribution is 2.14. The number of benzene rings is 2. The Bertz CT molecular complexity index is 650. The van der Waals surface area contributed by atoms with Crippen molar-refractivity contribution in [3.05, 3.63) is 65.2 Å². The number of nitrogens with zero attached hydrogens (tertiary/aromatic N) is 1. The summed E-state index contributed by atoms with van der Waals surface area (Å²) in [6.45, 7) is 2.14. The van der Waals surface area contributed by atoms with Gasteiger partial charge in [0.1, 0.15) is 5.75 Å². The van der Waals surface area contributed by atoms with Gasteiger partial charge in [0.15, 0.2) is 0 Å². The van der Waals surface area contributed by atoms with E-state index in [2.05, 4.69) is 17.5 Å². The van der Waals surface area contributed by atoms with E-state index in [1.807, 2.05) is 42.5 Å². The lowest BCUT2D eigenvalue weighted by atomic mass is 10.1. The minimum absolute atomic E-state index is 0.0685. The smallest absolute Gasteiger partial charge is 0.119 e. The van der Waals surface area contributed by atoms with Crippen LogP contribution in [-0.2, 0) is 19.7 Å². The quantitative estimate of drug-likeness (QED) is 0.698. The maximum absolute atomic E-state index is 9.15. The molecule has 0 bridgehead atoms. The van der Waals surface area contributed by atoms with E-state index in [4.69, 9.17) is 15.1 Å². The van der Waals surface area contributed by atoms with Crippen molar-refractivity contribution in [2.75, 3.05) is 6.61 Å². The van der Waals surface area contributed by atoms with Gasteiger partial charge in [-0.3, -0.25) is 0 Å². The second-order valence-corrected chi connectivity index (χ2v) is 5.34. The van der Waals surface area contributed by atoms with Gasteiger partial charge in [0, 0.05) is 19.5 Å². The third-order valence-electron chi connectivity index (χ3n) is 3.43. The first-order valence-electron chi connectivity index (χ1n) is 7.80. The first kappa shape index (κ1) is 17.0. The van der Waals surface area contributed by atoms with Crippen LogP contribution in [0.3, 0.4) is 0 Å². The molecule has 2 N–H and O–H groups in total. The van der Waals surface area contributed by atoms with E-state index in [0.29, 0.717) is 13.0 Å². The highest BCUT2D eigenvalue weighted by atomic mass is 16.5. The Labute approximate surface area is 137 Å². The fourth-order valence-corrected chi connectivity index (χ4v) is 2.28. The minimum Gasteiger partial charge on any atom is -0.494 e. The van der Waals surface area contributed by atoms with Gasteiger partial charge >= 0.3 is 0 Å². The minimum atomic E-state index is 0.0685. The lowest BCUT2D eigenvalue weighted by Crippen LogP contribution is -2.13. The summed E-state index contributed by atoms with van der Waals surface area (Å²) in [6.07, 6.45) is 1.27. The molecule has 4 heteroatoms. The standard InChI is InChI=1S/C19H22N2O2/c20-9-1-2-10-23-19-8-4-6-17(12-19)14-21-13-16-5-3-7-18(11-16)15-22/h3-8,11-12,21-22H,1-2,10,13-15H2. The van der Waals surface area contributed by atoms with Crippen LogP contribution < -0.4 is 10.1 Å². The first-order chi connectivity index (χ1) is 11.3. The second-order valence-electron chi connectivity index (χ2n) is 5.34. The number of nitriles is 1. The van der Waals surface area contributed by atoms with Crippen molar-refractivity contribution >= 4 is 0 Å².